The van der Waals surface area contributed by atoms with E-state index in [0.717, 1.165) is 0 Å². The minimum Gasteiger partial charge on any atom is -0.382 e. The van der Waals surface area contributed by atoms with E-state index in [1.807, 2.05) is 0 Å². The van der Waals surface area contributed by atoms with Crippen LogP contribution in [0.5, 0.6) is 0 Å². The Labute approximate surface area is 88.4 Å². The summed E-state index contributed by atoms with van der Waals surface area (Å²) in [4.78, 5) is 0. The van der Waals surface area contributed by atoms with E-state index >= 15 is 0 Å². The number of nitrogens with two attached hydrogens (primary N) is 1. The molecule has 0 saturated heterocycles. The number of halogens is 4. The molecular weight excluding hydrogens is 231 g/mol. The predicted octanol–water partition coefficient (Wildman–Crippen LogP) is 2.38. The van der Waals surface area contributed by atoms with Crippen LogP contribution in [0.25, 0.3) is 0 Å². The molecule has 1 saturated carbocycles. The van der Waals surface area contributed by atoms with Gasteiger partial charge in [-0.25, -0.2) is 0 Å². The zero-order chi connectivity index (χ0) is 11.2. The molecule has 0 spiro atoms. The van der Waals surface area contributed by atoms with Crippen LogP contribution in [-0.2, 0) is 0 Å². The minimum atomic E-state index is -4.17. The zero-order valence-corrected chi connectivity index (χ0v) is 8.18. The molecule has 0 aliphatic heterocycles. The molecule has 2 rings (SSSR count). The first-order valence-corrected chi connectivity index (χ1v) is 4.62. The van der Waals surface area contributed by atoms with Crippen LogP contribution in [0.3, 0.4) is 0 Å². The maximum Gasteiger partial charge on any atom is 0.392 e. The molecule has 0 radical (unpaired) electrons. The van der Waals surface area contributed by atoms with Crippen molar-refractivity contribution >= 4 is 17.4 Å². The summed E-state index contributed by atoms with van der Waals surface area (Å²) in [5.41, 5.74) is 5.78. The van der Waals surface area contributed by atoms with Crippen LogP contribution in [0, 0.1) is 5.92 Å². The number of hydrogen-bond donors (Lipinski definition) is 1. The molecule has 2 atom stereocenters. The summed E-state index contributed by atoms with van der Waals surface area (Å²) in [7, 11) is 0. The Balaban J connectivity index is 2.23. The standard InChI is InChI=1S/C8H7ClF3N3/c9-6-2-4(7(13)15-14-6)3-1-5(3)8(10,11)12/h2-3,5H,1H2,(H2,13,15). The van der Waals surface area contributed by atoms with Crippen LogP contribution in [0.1, 0.15) is 17.9 Å². The largest absolute Gasteiger partial charge is 0.392 e. The van der Waals surface area contributed by atoms with Crippen molar-refractivity contribution in [3.05, 3.63) is 16.8 Å². The third-order valence-electron chi connectivity index (χ3n) is 2.43. The van der Waals surface area contributed by atoms with E-state index in [0.29, 0.717) is 5.56 Å². The second kappa shape index (κ2) is 3.23. The van der Waals surface area contributed by atoms with E-state index < -0.39 is 18.0 Å². The van der Waals surface area contributed by atoms with Crippen LogP contribution < -0.4 is 5.73 Å². The van der Waals surface area contributed by atoms with Crippen molar-refractivity contribution in [2.75, 3.05) is 5.73 Å². The molecule has 1 aliphatic rings. The van der Waals surface area contributed by atoms with E-state index in [4.69, 9.17) is 17.3 Å². The van der Waals surface area contributed by atoms with Gasteiger partial charge in [-0.05, 0) is 18.4 Å². The minimum absolute atomic E-state index is 0.0242. The number of anilines is 1. The lowest BCUT2D eigenvalue weighted by Crippen LogP contribution is -2.12. The zero-order valence-electron chi connectivity index (χ0n) is 7.42. The van der Waals surface area contributed by atoms with E-state index in [1.54, 1.807) is 0 Å². The summed E-state index contributed by atoms with van der Waals surface area (Å²) in [5, 5.41) is 6.99. The SMILES string of the molecule is Nc1nnc(Cl)cc1C1CC1C(F)(F)F. The van der Waals surface area contributed by atoms with Gasteiger partial charge in [-0.3, -0.25) is 0 Å². The highest BCUT2D eigenvalue weighted by molar-refractivity contribution is 6.29. The summed E-state index contributed by atoms with van der Waals surface area (Å²) in [5.74, 6) is -1.91. The van der Waals surface area contributed by atoms with Crippen LogP contribution in [-0.4, -0.2) is 16.4 Å². The quantitative estimate of drug-likeness (QED) is 0.816. The first kappa shape index (κ1) is 10.5. The second-order valence-corrected chi connectivity index (χ2v) is 3.89. The van der Waals surface area contributed by atoms with Gasteiger partial charge in [0.25, 0.3) is 0 Å². The Bertz CT molecular complexity index is 393. The van der Waals surface area contributed by atoms with Gasteiger partial charge in [-0.1, -0.05) is 11.6 Å². The average molecular weight is 238 g/mol. The van der Waals surface area contributed by atoms with Crippen molar-refractivity contribution in [2.24, 2.45) is 5.92 Å². The van der Waals surface area contributed by atoms with E-state index in [1.165, 1.54) is 6.07 Å². The molecule has 1 heterocycles. The van der Waals surface area contributed by atoms with Gasteiger partial charge >= 0.3 is 6.18 Å². The predicted molar refractivity (Wildman–Crippen MR) is 48.4 cm³/mol. The van der Waals surface area contributed by atoms with E-state index in [-0.39, 0.29) is 17.4 Å². The molecule has 1 aliphatic carbocycles. The monoisotopic (exact) mass is 237 g/mol. The summed E-state index contributed by atoms with van der Waals surface area (Å²) >= 11 is 5.54. The van der Waals surface area contributed by atoms with Crippen LogP contribution >= 0.6 is 11.6 Å². The molecule has 7 heteroatoms. The van der Waals surface area contributed by atoms with Gasteiger partial charge in [0.2, 0.25) is 0 Å². The van der Waals surface area contributed by atoms with Crippen LogP contribution in [0.2, 0.25) is 5.15 Å². The van der Waals surface area contributed by atoms with Gasteiger partial charge < -0.3 is 5.73 Å². The normalized spacial score (nSPS) is 25.3. The molecule has 1 aromatic heterocycles. The highest BCUT2D eigenvalue weighted by Gasteiger charge is 2.56. The Morgan fingerprint density at radius 1 is 1.40 bits per heavy atom. The number of alkyl halides is 3. The van der Waals surface area contributed by atoms with Crippen molar-refractivity contribution in [3.8, 4) is 0 Å². The summed E-state index contributed by atoms with van der Waals surface area (Å²) in [6, 6.07) is 1.35. The first-order valence-electron chi connectivity index (χ1n) is 4.25. The maximum atomic E-state index is 12.3. The fourth-order valence-corrected chi connectivity index (χ4v) is 1.74. The topological polar surface area (TPSA) is 51.8 Å². The van der Waals surface area contributed by atoms with Crippen molar-refractivity contribution in [1.29, 1.82) is 0 Å². The fraction of sp³-hybridized carbons (Fsp3) is 0.500. The van der Waals surface area contributed by atoms with Crippen molar-refractivity contribution in [3.63, 3.8) is 0 Å². The first-order chi connectivity index (χ1) is 6.89. The molecular formula is C8H7ClF3N3. The molecule has 2 N–H and O–H groups in total. The van der Waals surface area contributed by atoms with Crippen molar-refractivity contribution in [1.82, 2.24) is 10.2 Å². The third-order valence-corrected chi connectivity index (χ3v) is 2.62. The van der Waals surface area contributed by atoms with Gasteiger partial charge in [0.1, 0.15) is 5.82 Å². The number of nitrogen functional groups attached to an aromatic ring is 1. The lowest BCUT2D eigenvalue weighted by Gasteiger charge is -2.06. The molecule has 2 unspecified atom stereocenters. The number of nitrogens with zero attached hydrogens (tertiary/aromatic N) is 2. The molecule has 0 amide bonds. The molecule has 1 aromatic rings. The summed E-state index contributed by atoms with van der Waals surface area (Å²) in [6.45, 7) is 0. The fourth-order valence-electron chi connectivity index (χ4n) is 1.59. The Hall–Kier alpha value is -1.04. The molecule has 0 aromatic carbocycles. The van der Waals surface area contributed by atoms with Gasteiger partial charge in [0.05, 0.1) is 5.92 Å². The highest BCUT2D eigenvalue weighted by Crippen LogP contribution is 2.57. The average Bonchev–Trinajstić information content (AvgIpc) is 2.87. The third kappa shape index (κ3) is 1.99. The molecule has 1 fully saturated rings. The van der Waals surface area contributed by atoms with Crippen molar-refractivity contribution in [2.45, 2.75) is 18.5 Å². The van der Waals surface area contributed by atoms with E-state index in [9.17, 15) is 13.2 Å². The molecule has 15 heavy (non-hydrogen) atoms. The summed E-state index contributed by atoms with van der Waals surface area (Å²) < 4.78 is 36.9. The number of aromatic nitrogens is 2. The van der Waals surface area contributed by atoms with Crippen molar-refractivity contribution < 1.29 is 13.2 Å². The molecule has 0 bridgehead atoms. The second-order valence-electron chi connectivity index (χ2n) is 3.50. The summed E-state index contributed by atoms with van der Waals surface area (Å²) in [6.07, 6.45) is -4.12. The lowest BCUT2D eigenvalue weighted by molar-refractivity contribution is -0.148. The van der Waals surface area contributed by atoms with Gasteiger partial charge in [-0.15, -0.1) is 10.2 Å². The Kier molecular flexibility index (Phi) is 2.26. The van der Waals surface area contributed by atoms with Gasteiger partial charge in [0, 0.05) is 5.56 Å². The Morgan fingerprint density at radius 3 is 2.60 bits per heavy atom. The van der Waals surface area contributed by atoms with Gasteiger partial charge in [-0.2, -0.15) is 13.2 Å². The highest BCUT2D eigenvalue weighted by atomic mass is 35.5. The van der Waals surface area contributed by atoms with Crippen LogP contribution in [0.15, 0.2) is 6.07 Å². The molecule has 82 valence electrons. The number of rotatable bonds is 1. The Morgan fingerprint density at radius 2 is 2.07 bits per heavy atom. The maximum absolute atomic E-state index is 12.3. The lowest BCUT2D eigenvalue weighted by atomic mass is 10.1. The van der Waals surface area contributed by atoms with E-state index in [2.05, 4.69) is 10.2 Å². The number of hydrogen-bond acceptors (Lipinski definition) is 3. The molecule has 3 nitrogen and oxygen atoms in total. The smallest absolute Gasteiger partial charge is 0.382 e. The van der Waals surface area contributed by atoms with Crippen LogP contribution in [0.4, 0.5) is 19.0 Å². The van der Waals surface area contributed by atoms with Gasteiger partial charge in [0.15, 0.2) is 5.15 Å².